The third-order valence-corrected chi connectivity index (χ3v) is 6.71. The van der Waals surface area contributed by atoms with Crippen molar-refractivity contribution in [1.82, 2.24) is 20.1 Å². The smallest absolute Gasteiger partial charge is 0.409 e. The molecule has 0 radical (unpaired) electrons. The lowest BCUT2D eigenvalue weighted by atomic mass is 10.1. The average Bonchev–Trinajstić information content (AvgIpc) is 2.87. The number of piperazine rings is 1. The van der Waals surface area contributed by atoms with Crippen LogP contribution in [-0.2, 0) is 14.1 Å². The predicted molar refractivity (Wildman–Crippen MR) is 137 cm³/mol. The van der Waals surface area contributed by atoms with E-state index in [9.17, 15) is 28.7 Å². The van der Waals surface area contributed by atoms with E-state index in [0.29, 0.717) is 12.3 Å². The number of amides is 3. The number of hydrogen-bond donors (Lipinski definition) is 3. The fraction of sp³-hybridized carbons (Fsp3) is 0.440. The van der Waals surface area contributed by atoms with E-state index in [1.807, 2.05) is 43.3 Å². The van der Waals surface area contributed by atoms with Gasteiger partial charge in [-0.05, 0) is 31.0 Å². The molecule has 11 nitrogen and oxygen atoms in total. The van der Waals surface area contributed by atoms with Gasteiger partial charge in [-0.3, -0.25) is 14.2 Å². The number of nitrogens with one attached hydrogen (secondary N) is 1. The summed E-state index contributed by atoms with van der Waals surface area (Å²) in [5.74, 6) is -1.35. The second-order valence-corrected chi connectivity index (χ2v) is 10.6. The van der Waals surface area contributed by atoms with Gasteiger partial charge < -0.3 is 29.6 Å². The van der Waals surface area contributed by atoms with E-state index >= 15 is 0 Å². The number of carbonyl (C=O) groups excluding carboxylic acids is 3. The molecule has 1 aliphatic rings. The zero-order valence-corrected chi connectivity index (χ0v) is 21.9. The molecule has 1 aliphatic heterocycles. The Balaban J connectivity index is 1.70. The largest absolute Gasteiger partial charge is 0.449 e. The molecule has 3 N–H and O–H groups in total. The van der Waals surface area contributed by atoms with Crippen LogP contribution in [0.25, 0.3) is 11.3 Å². The van der Waals surface area contributed by atoms with Crippen molar-refractivity contribution in [1.29, 1.82) is 0 Å². The highest BCUT2D eigenvalue weighted by Gasteiger charge is 2.34. The average molecular weight is 533 g/mol. The van der Waals surface area contributed by atoms with Crippen LogP contribution >= 0.6 is 7.60 Å². The summed E-state index contributed by atoms with van der Waals surface area (Å²) >= 11 is 0. The number of ether oxygens (including phenoxy) is 1. The monoisotopic (exact) mass is 532 g/mol. The van der Waals surface area contributed by atoms with Crippen molar-refractivity contribution < 1.29 is 33.5 Å². The summed E-state index contributed by atoms with van der Waals surface area (Å²) in [5, 5.41) is 2.47. The quantitative estimate of drug-likeness (QED) is 0.329. The van der Waals surface area contributed by atoms with Crippen LogP contribution in [-0.4, -0.2) is 87.5 Å². The number of hydrogen-bond acceptors (Lipinski definition) is 6. The van der Waals surface area contributed by atoms with Crippen LogP contribution in [0.15, 0.2) is 42.5 Å². The molecule has 0 saturated carbocycles. The van der Waals surface area contributed by atoms with E-state index in [1.54, 1.807) is 13.0 Å². The molecule has 200 valence electrons. The van der Waals surface area contributed by atoms with Gasteiger partial charge >= 0.3 is 13.7 Å². The highest BCUT2D eigenvalue weighted by Crippen LogP contribution is 2.35. The highest BCUT2D eigenvalue weighted by molar-refractivity contribution is 7.51. The van der Waals surface area contributed by atoms with E-state index in [0.717, 1.165) is 24.0 Å². The Labute approximate surface area is 216 Å². The van der Waals surface area contributed by atoms with E-state index in [-0.39, 0.29) is 31.9 Å². The number of carbonyl (C=O) groups is 3. The van der Waals surface area contributed by atoms with Crippen LogP contribution in [0.1, 0.15) is 35.8 Å². The normalized spacial score (nSPS) is 14.7. The summed E-state index contributed by atoms with van der Waals surface area (Å²) in [7, 11) is -4.65. The van der Waals surface area contributed by atoms with Crippen molar-refractivity contribution in [3.63, 3.8) is 0 Å². The first kappa shape index (κ1) is 28.3. The molecular formula is C25H33N4O7P. The first-order valence-corrected chi connectivity index (χ1v) is 14.0. The zero-order chi connectivity index (χ0) is 27.0. The van der Waals surface area contributed by atoms with Gasteiger partial charge in [0.05, 0.1) is 18.5 Å². The van der Waals surface area contributed by atoms with Gasteiger partial charge in [0.1, 0.15) is 11.7 Å². The number of benzene rings is 1. The summed E-state index contributed by atoms with van der Waals surface area (Å²) in [6, 6.07) is 11.2. The van der Waals surface area contributed by atoms with Crippen molar-refractivity contribution in [2.75, 3.05) is 38.9 Å². The molecule has 3 amide bonds. The maximum absolute atomic E-state index is 13.2. The van der Waals surface area contributed by atoms with Crippen molar-refractivity contribution in [3.8, 4) is 11.3 Å². The van der Waals surface area contributed by atoms with Crippen LogP contribution in [0.4, 0.5) is 4.79 Å². The first-order valence-electron chi connectivity index (χ1n) is 12.2. The van der Waals surface area contributed by atoms with Gasteiger partial charge in [-0.15, -0.1) is 0 Å². The Hall–Kier alpha value is -3.27. The van der Waals surface area contributed by atoms with E-state index in [1.165, 1.54) is 9.80 Å². The van der Waals surface area contributed by atoms with E-state index < -0.39 is 37.7 Å². The van der Waals surface area contributed by atoms with Gasteiger partial charge in [0.15, 0.2) is 0 Å². The molecule has 1 aromatic carbocycles. The molecule has 0 bridgehead atoms. The Morgan fingerprint density at radius 1 is 1.08 bits per heavy atom. The number of nitrogens with zero attached hydrogens (tertiary/aromatic N) is 3. The van der Waals surface area contributed by atoms with Crippen molar-refractivity contribution in [3.05, 3.63) is 53.7 Å². The van der Waals surface area contributed by atoms with Crippen LogP contribution < -0.4 is 5.32 Å². The maximum Gasteiger partial charge on any atom is 0.409 e. The maximum atomic E-state index is 13.2. The van der Waals surface area contributed by atoms with Gasteiger partial charge in [0, 0.05) is 31.7 Å². The van der Waals surface area contributed by atoms with Crippen LogP contribution in [0.3, 0.4) is 0 Å². The lowest BCUT2D eigenvalue weighted by Crippen LogP contribution is -2.56. The van der Waals surface area contributed by atoms with Gasteiger partial charge in [-0.2, -0.15) is 0 Å². The number of aromatic nitrogens is 1. The molecule has 0 spiro atoms. The summed E-state index contributed by atoms with van der Waals surface area (Å²) in [6.07, 6.45) is 0.346. The second kappa shape index (κ2) is 12.8. The minimum Gasteiger partial charge on any atom is -0.449 e. The van der Waals surface area contributed by atoms with Gasteiger partial charge in [-0.25, -0.2) is 9.78 Å². The minimum absolute atomic E-state index is 0.0296. The molecule has 0 aliphatic carbocycles. The Morgan fingerprint density at radius 3 is 2.35 bits per heavy atom. The molecule has 37 heavy (non-hydrogen) atoms. The van der Waals surface area contributed by atoms with Crippen LogP contribution in [0, 0.1) is 6.92 Å². The molecule has 1 unspecified atom stereocenters. The molecule has 2 aromatic rings. The number of aryl methyl sites for hydroxylation is 1. The van der Waals surface area contributed by atoms with Crippen molar-refractivity contribution >= 4 is 25.5 Å². The molecule has 1 saturated heterocycles. The third kappa shape index (κ3) is 8.38. The molecule has 12 heteroatoms. The highest BCUT2D eigenvalue weighted by atomic mass is 31.2. The molecule has 2 heterocycles. The summed E-state index contributed by atoms with van der Waals surface area (Å²) < 4.78 is 17.0. The number of rotatable bonds is 9. The lowest BCUT2D eigenvalue weighted by Gasteiger charge is -2.36. The fourth-order valence-corrected chi connectivity index (χ4v) is 4.64. The number of unbranched alkanes of at least 4 members (excludes halogenated alkanes) is 1. The zero-order valence-electron chi connectivity index (χ0n) is 21.0. The van der Waals surface area contributed by atoms with E-state index in [4.69, 9.17) is 4.74 Å². The molecule has 1 fully saturated rings. The summed E-state index contributed by atoms with van der Waals surface area (Å²) in [4.78, 5) is 64.8. The fourth-order valence-electron chi connectivity index (χ4n) is 3.92. The topological polar surface area (TPSA) is 149 Å². The molecule has 1 atom stereocenters. The standard InChI is InChI=1S/C25H33N4O7P/c1-3-4-14-36-25(32)29-12-10-28(11-13-29)24(31)22(17-37(33,34)35)27-23(30)21-16-18(2)15-20(26-21)19-8-6-5-7-9-19/h5-9,15-16,22H,3-4,10-14,17H2,1-2H3,(H,27,30)(H2,33,34,35). The summed E-state index contributed by atoms with van der Waals surface area (Å²) in [6.45, 7) is 4.84. The van der Waals surface area contributed by atoms with Crippen molar-refractivity contribution in [2.24, 2.45) is 0 Å². The summed E-state index contributed by atoms with van der Waals surface area (Å²) in [5.41, 5.74) is 2.15. The van der Waals surface area contributed by atoms with Crippen LogP contribution in [0.5, 0.6) is 0 Å². The molecule has 3 rings (SSSR count). The van der Waals surface area contributed by atoms with Crippen LogP contribution in [0.2, 0.25) is 0 Å². The van der Waals surface area contributed by atoms with Crippen molar-refractivity contribution in [2.45, 2.75) is 32.7 Å². The lowest BCUT2D eigenvalue weighted by molar-refractivity contribution is -0.134. The van der Waals surface area contributed by atoms with Gasteiger partial charge in [0.2, 0.25) is 5.91 Å². The predicted octanol–water partition coefficient (Wildman–Crippen LogP) is 2.41. The van der Waals surface area contributed by atoms with Gasteiger partial charge in [0.25, 0.3) is 5.91 Å². The second-order valence-electron chi connectivity index (χ2n) is 8.93. The Morgan fingerprint density at radius 2 is 1.73 bits per heavy atom. The minimum atomic E-state index is -4.65. The van der Waals surface area contributed by atoms with E-state index in [2.05, 4.69) is 10.3 Å². The number of pyridine rings is 1. The third-order valence-electron chi connectivity index (χ3n) is 5.87. The molecular weight excluding hydrogens is 499 g/mol. The Kier molecular flexibility index (Phi) is 9.79. The molecule has 1 aromatic heterocycles. The SMILES string of the molecule is CCCCOC(=O)N1CCN(C(=O)C(CP(=O)(O)O)NC(=O)c2cc(C)cc(-c3ccccc3)n2)CC1. The van der Waals surface area contributed by atoms with Gasteiger partial charge in [-0.1, -0.05) is 43.7 Å². The first-order chi connectivity index (χ1) is 17.6. The Bertz CT molecular complexity index is 1150.